The summed E-state index contributed by atoms with van der Waals surface area (Å²) >= 11 is 3.80. The van der Waals surface area contributed by atoms with Crippen molar-refractivity contribution in [3.8, 4) is 11.5 Å². The zero-order chi connectivity index (χ0) is 13.1. The molecule has 0 spiro atoms. The van der Waals surface area contributed by atoms with Crippen molar-refractivity contribution >= 4 is 15.9 Å². The van der Waals surface area contributed by atoms with Crippen LogP contribution >= 0.6 is 15.9 Å². The lowest BCUT2D eigenvalue weighted by molar-refractivity contribution is 0.297. The van der Waals surface area contributed by atoms with E-state index in [2.05, 4.69) is 48.8 Å². The number of rotatable bonds is 3. The van der Waals surface area contributed by atoms with Gasteiger partial charge in [-0.15, -0.1) is 0 Å². The molecule has 2 rings (SSSR count). The van der Waals surface area contributed by atoms with Crippen LogP contribution in [0.25, 0.3) is 0 Å². The molecule has 100 valence electrons. The molecule has 0 fully saturated rings. The molecule has 1 aliphatic heterocycles. The van der Waals surface area contributed by atoms with Gasteiger partial charge in [0.05, 0.1) is 13.2 Å². The zero-order valence-electron chi connectivity index (χ0n) is 11.3. The molecule has 2 atom stereocenters. The fourth-order valence-corrected chi connectivity index (χ4v) is 2.89. The summed E-state index contributed by atoms with van der Waals surface area (Å²) in [6.07, 6.45) is 0.949. The van der Waals surface area contributed by atoms with E-state index < -0.39 is 0 Å². The average molecular weight is 313 g/mol. The third kappa shape index (κ3) is 3.00. The average Bonchev–Trinajstić information content (AvgIpc) is 2.60. The van der Waals surface area contributed by atoms with Crippen LogP contribution in [-0.2, 0) is 0 Å². The molecule has 1 aromatic carbocycles. The van der Waals surface area contributed by atoms with E-state index in [4.69, 9.17) is 9.47 Å². The van der Waals surface area contributed by atoms with Crippen molar-refractivity contribution in [1.29, 1.82) is 0 Å². The third-order valence-electron chi connectivity index (χ3n) is 3.60. The van der Waals surface area contributed by atoms with Crippen LogP contribution in [0.5, 0.6) is 11.5 Å². The van der Waals surface area contributed by atoms with Crippen molar-refractivity contribution in [2.24, 2.45) is 11.8 Å². The number of halogens is 1. The van der Waals surface area contributed by atoms with E-state index in [0.29, 0.717) is 16.7 Å². The number of alkyl halides is 1. The summed E-state index contributed by atoms with van der Waals surface area (Å²) in [6, 6.07) is 6.27. The van der Waals surface area contributed by atoms with Gasteiger partial charge in [-0.1, -0.05) is 42.8 Å². The van der Waals surface area contributed by atoms with E-state index in [1.807, 2.05) is 6.07 Å². The normalized spacial score (nSPS) is 18.3. The first-order valence-electron chi connectivity index (χ1n) is 6.63. The minimum atomic E-state index is 0.356. The highest BCUT2D eigenvalue weighted by Gasteiger charge is 2.21. The van der Waals surface area contributed by atoms with Gasteiger partial charge in [-0.25, -0.2) is 0 Å². The van der Waals surface area contributed by atoms with Crippen LogP contribution in [0.15, 0.2) is 18.2 Å². The fourth-order valence-electron chi connectivity index (χ4n) is 1.99. The second kappa shape index (κ2) is 5.96. The Morgan fingerprint density at radius 1 is 1.06 bits per heavy atom. The number of hydrogen-bond acceptors (Lipinski definition) is 2. The SMILES string of the molecule is CC(C)C(C)C(Br)c1ccc2c(c1)OCCCO2. The second-order valence-corrected chi connectivity index (χ2v) is 6.25. The summed E-state index contributed by atoms with van der Waals surface area (Å²) in [6.45, 7) is 8.26. The molecule has 2 unspecified atom stereocenters. The molecular formula is C15H21BrO2. The van der Waals surface area contributed by atoms with Crippen LogP contribution in [0, 0.1) is 11.8 Å². The van der Waals surface area contributed by atoms with Crippen molar-refractivity contribution in [2.45, 2.75) is 32.0 Å². The van der Waals surface area contributed by atoms with E-state index in [0.717, 1.165) is 31.1 Å². The maximum Gasteiger partial charge on any atom is 0.161 e. The molecule has 1 aliphatic rings. The molecule has 1 aromatic rings. The van der Waals surface area contributed by atoms with E-state index in [-0.39, 0.29) is 0 Å². The Morgan fingerprint density at radius 2 is 1.72 bits per heavy atom. The van der Waals surface area contributed by atoms with Crippen molar-refractivity contribution in [3.63, 3.8) is 0 Å². The van der Waals surface area contributed by atoms with Crippen molar-refractivity contribution in [3.05, 3.63) is 23.8 Å². The Kier molecular flexibility index (Phi) is 4.55. The number of benzene rings is 1. The second-order valence-electron chi connectivity index (χ2n) is 5.26. The maximum atomic E-state index is 5.73. The quantitative estimate of drug-likeness (QED) is 0.761. The van der Waals surface area contributed by atoms with Crippen LogP contribution in [0.3, 0.4) is 0 Å². The van der Waals surface area contributed by atoms with Gasteiger partial charge in [-0.05, 0) is 29.5 Å². The van der Waals surface area contributed by atoms with Crippen LogP contribution in [0.1, 0.15) is 37.6 Å². The van der Waals surface area contributed by atoms with Gasteiger partial charge in [0.1, 0.15) is 0 Å². The van der Waals surface area contributed by atoms with E-state index in [1.54, 1.807) is 0 Å². The van der Waals surface area contributed by atoms with Gasteiger partial charge in [0, 0.05) is 11.2 Å². The van der Waals surface area contributed by atoms with Gasteiger partial charge in [0.25, 0.3) is 0 Å². The van der Waals surface area contributed by atoms with E-state index in [1.165, 1.54) is 5.56 Å². The summed E-state index contributed by atoms with van der Waals surface area (Å²) in [5, 5.41) is 0. The molecule has 0 bridgehead atoms. The van der Waals surface area contributed by atoms with Gasteiger partial charge in [0.2, 0.25) is 0 Å². The Hall–Kier alpha value is -0.700. The molecule has 0 aliphatic carbocycles. The van der Waals surface area contributed by atoms with Gasteiger partial charge in [-0.2, -0.15) is 0 Å². The lowest BCUT2D eigenvalue weighted by Crippen LogP contribution is -2.10. The molecule has 0 radical (unpaired) electrons. The summed E-state index contributed by atoms with van der Waals surface area (Å²) in [7, 11) is 0. The molecule has 18 heavy (non-hydrogen) atoms. The van der Waals surface area contributed by atoms with Gasteiger partial charge < -0.3 is 9.47 Å². The highest BCUT2D eigenvalue weighted by molar-refractivity contribution is 9.09. The molecule has 0 aromatic heterocycles. The molecule has 0 saturated carbocycles. The fraction of sp³-hybridized carbons (Fsp3) is 0.600. The molecule has 2 nitrogen and oxygen atoms in total. The first kappa shape index (κ1) is 13.7. The van der Waals surface area contributed by atoms with Crippen LogP contribution < -0.4 is 9.47 Å². The lowest BCUT2D eigenvalue weighted by atomic mass is 9.91. The van der Waals surface area contributed by atoms with Gasteiger partial charge in [0.15, 0.2) is 11.5 Å². The van der Waals surface area contributed by atoms with Crippen LogP contribution in [0.4, 0.5) is 0 Å². The van der Waals surface area contributed by atoms with Crippen molar-refractivity contribution in [2.75, 3.05) is 13.2 Å². The molecule has 0 amide bonds. The zero-order valence-corrected chi connectivity index (χ0v) is 12.9. The number of fused-ring (bicyclic) bond motifs is 1. The number of ether oxygens (including phenoxy) is 2. The summed E-state index contributed by atoms with van der Waals surface area (Å²) in [4.78, 5) is 0.356. The Morgan fingerprint density at radius 3 is 2.39 bits per heavy atom. The Balaban J connectivity index is 2.22. The van der Waals surface area contributed by atoms with Gasteiger partial charge in [-0.3, -0.25) is 0 Å². The predicted molar refractivity (Wildman–Crippen MR) is 77.7 cm³/mol. The molecule has 0 saturated heterocycles. The highest BCUT2D eigenvalue weighted by Crippen LogP contribution is 2.39. The first-order chi connectivity index (χ1) is 8.59. The van der Waals surface area contributed by atoms with Crippen molar-refractivity contribution < 1.29 is 9.47 Å². The van der Waals surface area contributed by atoms with Crippen molar-refractivity contribution in [1.82, 2.24) is 0 Å². The molecule has 1 heterocycles. The first-order valence-corrected chi connectivity index (χ1v) is 7.54. The predicted octanol–water partition coefficient (Wildman–Crippen LogP) is 4.58. The highest BCUT2D eigenvalue weighted by atomic mass is 79.9. The third-order valence-corrected chi connectivity index (χ3v) is 4.97. The summed E-state index contributed by atoms with van der Waals surface area (Å²) < 4.78 is 11.4. The van der Waals surface area contributed by atoms with Gasteiger partial charge >= 0.3 is 0 Å². The summed E-state index contributed by atoms with van der Waals surface area (Å²) in [5.74, 6) is 2.97. The van der Waals surface area contributed by atoms with E-state index >= 15 is 0 Å². The van der Waals surface area contributed by atoms with E-state index in [9.17, 15) is 0 Å². The van der Waals surface area contributed by atoms with Crippen LogP contribution in [-0.4, -0.2) is 13.2 Å². The summed E-state index contributed by atoms with van der Waals surface area (Å²) in [5.41, 5.74) is 1.26. The minimum Gasteiger partial charge on any atom is -0.490 e. The minimum absolute atomic E-state index is 0.356. The maximum absolute atomic E-state index is 5.73. The number of hydrogen-bond donors (Lipinski definition) is 0. The topological polar surface area (TPSA) is 18.5 Å². The lowest BCUT2D eigenvalue weighted by Gasteiger charge is -2.23. The van der Waals surface area contributed by atoms with Crippen LogP contribution in [0.2, 0.25) is 0 Å². The standard InChI is InChI=1S/C15H21BrO2/c1-10(2)11(3)15(16)12-5-6-13-14(9-12)18-8-4-7-17-13/h5-6,9-11,15H,4,7-8H2,1-3H3. The monoisotopic (exact) mass is 312 g/mol. The molecule has 3 heteroatoms. The Bertz CT molecular complexity index is 403. The largest absolute Gasteiger partial charge is 0.490 e. The molecule has 0 N–H and O–H groups in total. The molecular weight excluding hydrogens is 292 g/mol. The smallest absolute Gasteiger partial charge is 0.161 e. The Labute approximate surface area is 118 Å².